The van der Waals surface area contributed by atoms with E-state index >= 15 is 0 Å². The summed E-state index contributed by atoms with van der Waals surface area (Å²) in [6.07, 6.45) is 0.548. The molecule has 2 heterocycles. The lowest BCUT2D eigenvalue weighted by atomic mass is 10.0. The third-order valence-electron chi connectivity index (χ3n) is 4.14. The fourth-order valence-electron chi connectivity index (χ4n) is 3.11. The molecule has 1 aliphatic heterocycles. The Labute approximate surface area is 127 Å². The molecule has 1 aliphatic rings. The number of rotatable bonds is 2. The van der Waals surface area contributed by atoms with Crippen LogP contribution in [0.1, 0.15) is 5.56 Å². The summed E-state index contributed by atoms with van der Waals surface area (Å²) in [6, 6.07) is 10.9. The van der Waals surface area contributed by atoms with Gasteiger partial charge in [-0.1, -0.05) is 18.2 Å². The summed E-state index contributed by atoms with van der Waals surface area (Å²) in [6.45, 7) is 0.415. The zero-order valence-corrected chi connectivity index (χ0v) is 12.2. The molecule has 0 radical (unpaired) electrons. The molecule has 0 aliphatic carbocycles. The number of nitrogens with two attached hydrogens (primary N) is 1. The molecule has 0 amide bonds. The molecule has 0 fully saturated rings. The lowest BCUT2D eigenvalue weighted by Crippen LogP contribution is -2.24. The van der Waals surface area contributed by atoms with Crippen molar-refractivity contribution in [2.75, 3.05) is 6.54 Å². The van der Waals surface area contributed by atoms with Gasteiger partial charge in [-0.3, -0.25) is 4.68 Å². The molecule has 0 unspecified atom stereocenters. The fourth-order valence-corrected chi connectivity index (χ4v) is 3.11. The summed E-state index contributed by atoms with van der Waals surface area (Å²) >= 11 is 0. The predicted molar refractivity (Wildman–Crippen MR) is 83.3 cm³/mol. The second-order valence-corrected chi connectivity index (χ2v) is 5.61. The monoisotopic (exact) mass is 297 g/mol. The largest absolute Gasteiger partial charge is 0.488 e. The maximum Gasteiger partial charge on any atom is 0.132 e. The summed E-state index contributed by atoms with van der Waals surface area (Å²) in [4.78, 5) is 0. The van der Waals surface area contributed by atoms with Crippen LogP contribution in [0.15, 0.2) is 36.4 Å². The second kappa shape index (κ2) is 4.81. The zero-order valence-electron chi connectivity index (χ0n) is 12.2. The molecule has 2 N–H and O–H groups in total. The lowest BCUT2D eigenvalue weighted by Gasteiger charge is -2.10. The van der Waals surface area contributed by atoms with Gasteiger partial charge in [0.15, 0.2) is 0 Å². The Morgan fingerprint density at radius 3 is 3.00 bits per heavy atom. The molecule has 0 saturated heterocycles. The summed E-state index contributed by atoms with van der Waals surface area (Å²) in [5.41, 5.74) is 9.00. The van der Waals surface area contributed by atoms with E-state index in [9.17, 15) is 4.39 Å². The molecule has 1 aromatic heterocycles. The highest BCUT2D eigenvalue weighted by molar-refractivity contribution is 5.95. The van der Waals surface area contributed by atoms with Crippen LogP contribution >= 0.6 is 0 Å². The molecule has 0 bridgehead atoms. The van der Waals surface area contributed by atoms with Crippen LogP contribution in [0.3, 0.4) is 0 Å². The third kappa shape index (κ3) is 1.89. The van der Waals surface area contributed by atoms with Crippen molar-refractivity contribution in [3.8, 4) is 17.0 Å². The van der Waals surface area contributed by atoms with E-state index in [1.54, 1.807) is 4.68 Å². The van der Waals surface area contributed by atoms with Gasteiger partial charge in [-0.2, -0.15) is 5.10 Å². The Morgan fingerprint density at radius 1 is 1.36 bits per heavy atom. The topological polar surface area (TPSA) is 53.1 Å². The van der Waals surface area contributed by atoms with Crippen molar-refractivity contribution >= 4 is 10.9 Å². The van der Waals surface area contributed by atoms with E-state index in [1.807, 2.05) is 31.3 Å². The minimum absolute atomic E-state index is 0.0921. The standard InChI is InChI=1S/C17H16FN3O/c1-21-15-5-3-2-4-13(15)16(20-21)14-8-11(18)6-10-7-12(9-19)22-17(10)14/h2-6,8,12H,7,9,19H2,1H3/t12-/m1/s1. The fraction of sp³-hybridized carbons (Fsp3) is 0.235. The van der Waals surface area contributed by atoms with Gasteiger partial charge in [0.05, 0.1) is 5.52 Å². The summed E-state index contributed by atoms with van der Waals surface area (Å²) in [5.74, 6) is 0.436. The van der Waals surface area contributed by atoms with E-state index < -0.39 is 0 Å². The van der Waals surface area contributed by atoms with Crippen LogP contribution in [0.4, 0.5) is 4.39 Å². The first kappa shape index (κ1) is 13.3. The summed E-state index contributed by atoms with van der Waals surface area (Å²) in [5, 5.41) is 5.55. The quantitative estimate of drug-likeness (QED) is 0.791. The number of hydrogen-bond donors (Lipinski definition) is 1. The van der Waals surface area contributed by atoms with Gasteiger partial charge < -0.3 is 10.5 Å². The van der Waals surface area contributed by atoms with Crippen molar-refractivity contribution < 1.29 is 9.13 Å². The van der Waals surface area contributed by atoms with Crippen LogP contribution in [0.2, 0.25) is 0 Å². The van der Waals surface area contributed by atoms with E-state index in [4.69, 9.17) is 10.5 Å². The Morgan fingerprint density at radius 2 is 2.18 bits per heavy atom. The minimum Gasteiger partial charge on any atom is -0.488 e. The first-order chi connectivity index (χ1) is 10.7. The highest BCUT2D eigenvalue weighted by Gasteiger charge is 2.27. The van der Waals surface area contributed by atoms with Gasteiger partial charge in [0, 0.05) is 36.5 Å². The van der Waals surface area contributed by atoms with Gasteiger partial charge >= 0.3 is 0 Å². The van der Waals surface area contributed by atoms with Gasteiger partial charge in [0.25, 0.3) is 0 Å². The van der Waals surface area contributed by atoms with Crippen molar-refractivity contribution in [1.29, 1.82) is 0 Å². The molecule has 112 valence electrons. The molecule has 1 atom stereocenters. The molecule has 22 heavy (non-hydrogen) atoms. The van der Waals surface area contributed by atoms with E-state index in [-0.39, 0.29) is 11.9 Å². The normalized spacial score (nSPS) is 16.8. The SMILES string of the molecule is Cn1nc(-c2cc(F)cc3c2O[C@@H](CN)C3)c2ccccc21. The predicted octanol–water partition coefficient (Wildman–Crippen LogP) is 2.64. The molecule has 3 aromatic rings. The number of aryl methyl sites for hydroxylation is 1. The van der Waals surface area contributed by atoms with E-state index in [2.05, 4.69) is 5.10 Å². The number of halogens is 1. The van der Waals surface area contributed by atoms with Gasteiger partial charge in [0.1, 0.15) is 23.4 Å². The lowest BCUT2D eigenvalue weighted by molar-refractivity contribution is 0.242. The van der Waals surface area contributed by atoms with Crippen LogP contribution in [-0.2, 0) is 13.5 Å². The molecule has 0 saturated carbocycles. The number of benzene rings is 2. The Bertz CT molecular complexity index is 872. The molecule has 5 heteroatoms. The zero-order chi connectivity index (χ0) is 15.3. The van der Waals surface area contributed by atoms with Crippen molar-refractivity contribution in [2.45, 2.75) is 12.5 Å². The molecule has 0 spiro atoms. The van der Waals surface area contributed by atoms with Crippen LogP contribution in [-0.4, -0.2) is 22.4 Å². The maximum atomic E-state index is 14.0. The highest BCUT2D eigenvalue weighted by atomic mass is 19.1. The van der Waals surface area contributed by atoms with E-state index in [0.29, 0.717) is 24.3 Å². The second-order valence-electron chi connectivity index (χ2n) is 5.61. The highest BCUT2D eigenvalue weighted by Crippen LogP contribution is 2.41. The van der Waals surface area contributed by atoms with Gasteiger partial charge in [-0.05, 0) is 18.2 Å². The number of aromatic nitrogens is 2. The average Bonchev–Trinajstić information content (AvgIpc) is 3.08. The Kier molecular flexibility index (Phi) is 2.90. The van der Waals surface area contributed by atoms with Crippen molar-refractivity contribution in [2.24, 2.45) is 12.8 Å². The van der Waals surface area contributed by atoms with Gasteiger partial charge in [0.2, 0.25) is 0 Å². The number of para-hydroxylation sites is 1. The average molecular weight is 297 g/mol. The van der Waals surface area contributed by atoms with Crippen LogP contribution in [0.25, 0.3) is 22.2 Å². The molecule has 4 nitrogen and oxygen atoms in total. The van der Waals surface area contributed by atoms with Crippen LogP contribution in [0, 0.1) is 5.82 Å². The number of nitrogens with zero attached hydrogens (tertiary/aromatic N) is 2. The Balaban J connectivity index is 1.97. The summed E-state index contributed by atoms with van der Waals surface area (Å²) < 4.78 is 21.7. The minimum atomic E-state index is -0.273. The summed E-state index contributed by atoms with van der Waals surface area (Å²) in [7, 11) is 1.88. The number of ether oxygens (including phenoxy) is 1. The maximum absolute atomic E-state index is 14.0. The van der Waals surface area contributed by atoms with Crippen LogP contribution < -0.4 is 10.5 Å². The van der Waals surface area contributed by atoms with Crippen LogP contribution in [0.5, 0.6) is 5.75 Å². The van der Waals surface area contributed by atoms with Crippen molar-refractivity contribution in [3.05, 3.63) is 47.8 Å². The number of fused-ring (bicyclic) bond motifs is 2. The Hall–Kier alpha value is -2.40. The van der Waals surface area contributed by atoms with Crippen molar-refractivity contribution in [1.82, 2.24) is 9.78 Å². The first-order valence-electron chi connectivity index (χ1n) is 7.28. The molecular formula is C17H16FN3O. The molecular weight excluding hydrogens is 281 g/mol. The van der Waals surface area contributed by atoms with Gasteiger partial charge in [-0.25, -0.2) is 4.39 Å². The van der Waals surface area contributed by atoms with Crippen molar-refractivity contribution in [3.63, 3.8) is 0 Å². The smallest absolute Gasteiger partial charge is 0.132 e. The van der Waals surface area contributed by atoms with E-state index in [1.165, 1.54) is 12.1 Å². The molecule has 2 aromatic carbocycles. The van der Waals surface area contributed by atoms with E-state index in [0.717, 1.165) is 22.2 Å². The first-order valence-corrected chi connectivity index (χ1v) is 7.28. The number of hydrogen-bond acceptors (Lipinski definition) is 3. The molecule has 4 rings (SSSR count). The van der Waals surface area contributed by atoms with Gasteiger partial charge in [-0.15, -0.1) is 0 Å². The third-order valence-corrected chi connectivity index (χ3v) is 4.14.